The van der Waals surface area contributed by atoms with Crippen LogP contribution in [0.2, 0.25) is 5.02 Å². The zero-order valence-electron chi connectivity index (χ0n) is 20.3. The van der Waals surface area contributed by atoms with Gasteiger partial charge in [0.2, 0.25) is 0 Å². The van der Waals surface area contributed by atoms with Crippen LogP contribution in [0.5, 0.6) is 5.75 Å². The minimum Gasteiger partial charge on any atom is -0.489 e. The summed E-state index contributed by atoms with van der Waals surface area (Å²) >= 11 is 6.24. The number of carbonyl (C=O) groups is 2. The van der Waals surface area contributed by atoms with Gasteiger partial charge in [-0.25, -0.2) is 0 Å². The standard InChI is InChI=1S/C32H23ClN2O3/c33-26-15-6-1-9-20(26)18-38-21-10-7-8-19(16-21)17-34-35-31(36)29-27-22-11-2-3-12-23(22)28(30(29)32(35)37)25-14-5-4-13-24(25)27/h1-17,27-30H,18H2/b34-17-/t27?,28?,29-,30-/m0/s1. The Morgan fingerprint density at radius 2 is 1.29 bits per heavy atom. The van der Waals surface area contributed by atoms with Crippen molar-refractivity contribution in [3.05, 3.63) is 135 Å². The lowest BCUT2D eigenvalue weighted by atomic mass is 9.55. The van der Waals surface area contributed by atoms with Crippen LogP contribution in [0.1, 0.15) is 45.2 Å². The van der Waals surface area contributed by atoms with E-state index >= 15 is 0 Å². The Kier molecular flexibility index (Phi) is 5.41. The molecule has 0 unspecified atom stereocenters. The molecule has 8 rings (SSSR count). The lowest BCUT2D eigenvalue weighted by Gasteiger charge is -2.45. The van der Waals surface area contributed by atoms with Gasteiger partial charge in [0.1, 0.15) is 12.4 Å². The number of hydrogen-bond donors (Lipinski definition) is 0. The van der Waals surface area contributed by atoms with E-state index in [1.165, 1.54) is 0 Å². The van der Waals surface area contributed by atoms with Crippen molar-refractivity contribution in [2.45, 2.75) is 18.4 Å². The second kappa shape index (κ2) is 8.96. The van der Waals surface area contributed by atoms with E-state index in [1.807, 2.05) is 72.8 Å². The Hall–Kier alpha value is -4.22. The first-order chi connectivity index (χ1) is 18.6. The van der Waals surface area contributed by atoms with Gasteiger partial charge in [-0.1, -0.05) is 90.5 Å². The summed E-state index contributed by atoms with van der Waals surface area (Å²) in [7, 11) is 0. The van der Waals surface area contributed by atoms with E-state index in [2.05, 4.69) is 29.4 Å². The van der Waals surface area contributed by atoms with E-state index in [0.717, 1.165) is 38.4 Å². The molecule has 5 nitrogen and oxygen atoms in total. The van der Waals surface area contributed by atoms with E-state index in [1.54, 1.807) is 6.21 Å². The maximum atomic E-state index is 13.7. The number of ether oxygens (including phenoxy) is 1. The van der Waals surface area contributed by atoms with Crippen molar-refractivity contribution in [2.24, 2.45) is 16.9 Å². The third-order valence-corrected chi connectivity index (χ3v) is 8.33. The number of nitrogens with zero attached hydrogens (tertiary/aromatic N) is 2. The van der Waals surface area contributed by atoms with E-state index in [-0.39, 0.29) is 23.7 Å². The molecular formula is C32H23ClN2O3. The molecule has 2 amide bonds. The molecule has 2 bridgehead atoms. The van der Waals surface area contributed by atoms with Crippen molar-refractivity contribution in [3.8, 4) is 5.75 Å². The molecule has 6 heteroatoms. The van der Waals surface area contributed by atoms with Gasteiger partial charge in [0, 0.05) is 22.4 Å². The molecule has 4 aliphatic rings. The summed E-state index contributed by atoms with van der Waals surface area (Å²) in [6.45, 7) is 0.330. The minimum atomic E-state index is -0.445. The number of carbonyl (C=O) groups excluding carboxylic acids is 2. The molecule has 0 saturated carbocycles. The van der Waals surface area contributed by atoms with Crippen molar-refractivity contribution in [3.63, 3.8) is 0 Å². The predicted octanol–water partition coefficient (Wildman–Crippen LogP) is 6.15. The van der Waals surface area contributed by atoms with Gasteiger partial charge in [-0.05, 0) is 46.0 Å². The summed E-state index contributed by atoms with van der Waals surface area (Å²) in [6, 6.07) is 31.3. The number of amides is 2. The molecule has 0 N–H and O–H groups in total. The molecule has 0 spiro atoms. The van der Waals surface area contributed by atoms with Crippen LogP contribution in [0, 0.1) is 11.8 Å². The Morgan fingerprint density at radius 1 is 0.737 bits per heavy atom. The van der Waals surface area contributed by atoms with Crippen LogP contribution in [0.4, 0.5) is 0 Å². The summed E-state index contributed by atoms with van der Waals surface area (Å²) in [5.41, 5.74) is 6.20. The van der Waals surface area contributed by atoms with Crippen LogP contribution in [-0.2, 0) is 16.2 Å². The third kappa shape index (κ3) is 3.50. The van der Waals surface area contributed by atoms with E-state index < -0.39 is 11.8 Å². The molecule has 3 aliphatic carbocycles. The summed E-state index contributed by atoms with van der Waals surface area (Å²) in [4.78, 5) is 27.4. The minimum absolute atomic E-state index is 0.143. The average molecular weight is 519 g/mol. The summed E-state index contributed by atoms with van der Waals surface area (Å²) < 4.78 is 5.92. The molecule has 1 saturated heterocycles. The molecule has 0 aromatic heterocycles. The van der Waals surface area contributed by atoms with E-state index in [4.69, 9.17) is 16.3 Å². The Labute approximate surface area is 225 Å². The second-order valence-electron chi connectivity index (χ2n) is 9.95. The van der Waals surface area contributed by atoms with Gasteiger partial charge in [0.05, 0.1) is 18.1 Å². The summed E-state index contributed by atoms with van der Waals surface area (Å²) in [5, 5.41) is 6.14. The number of halogens is 1. The van der Waals surface area contributed by atoms with Gasteiger partial charge in [-0.3, -0.25) is 9.59 Å². The highest BCUT2D eigenvalue weighted by atomic mass is 35.5. The van der Waals surface area contributed by atoms with E-state index in [9.17, 15) is 9.59 Å². The molecule has 1 fully saturated rings. The van der Waals surface area contributed by atoms with Crippen molar-refractivity contribution in [2.75, 3.05) is 0 Å². The highest BCUT2D eigenvalue weighted by Crippen LogP contribution is 2.60. The lowest BCUT2D eigenvalue weighted by molar-refractivity contribution is -0.139. The van der Waals surface area contributed by atoms with Gasteiger partial charge in [-0.2, -0.15) is 10.1 Å². The fourth-order valence-corrected chi connectivity index (χ4v) is 6.55. The molecule has 1 heterocycles. The molecule has 1 aliphatic heterocycles. The maximum Gasteiger partial charge on any atom is 0.254 e. The largest absolute Gasteiger partial charge is 0.489 e. The Morgan fingerprint density at radius 3 is 1.87 bits per heavy atom. The van der Waals surface area contributed by atoms with Crippen molar-refractivity contribution < 1.29 is 14.3 Å². The summed E-state index contributed by atoms with van der Waals surface area (Å²) in [6.07, 6.45) is 1.55. The monoisotopic (exact) mass is 518 g/mol. The van der Waals surface area contributed by atoms with Crippen LogP contribution in [-0.4, -0.2) is 23.0 Å². The summed E-state index contributed by atoms with van der Waals surface area (Å²) in [5.74, 6) is -1.00. The van der Waals surface area contributed by atoms with Gasteiger partial charge in [0.25, 0.3) is 11.8 Å². The van der Waals surface area contributed by atoms with Gasteiger partial charge in [0.15, 0.2) is 0 Å². The first-order valence-corrected chi connectivity index (χ1v) is 13.1. The number of hydrazone groups is 1. The fraction of sp³-hybridized carbons (Fsp3) is 0.156. The van der Waals surface area contributed by atoms with Crippen LogP contribution in [0.3, 0.4) is 0 Å². The first kappa shape index (κ1) is 22.9. The zero-order valence-corrected chi connectivity index (χ0v) is 21.1. The zero-order chi connectivity index (χ0) is 25.8. The van der Waals surface area contributed by atoms with Crippen LogP contribution < -0.4 is 4.74 Å². The highest BCUT2D eigenvalue weighted by Gasteiger charge is 2.61. The molecular weight excluding hydrogens is 496 g/mol. The van der Waals surface area contributed by atoms with Crippen molar-refractivity contribution in [1.29, 1.82) is 0 Å². The van der Waals surface area contributed by atoms with Gasteiger partial charge in [-0.15, -0.1) is 0 Å². The smallest absolute Gasteiger partial charge is 0.254 e. The molecule has 4 aromatic rings. The van der Waals surface area contributed by atoms with Crippen molar-refractivity contribution in [1.82, 2.24) is 5.01 Å². The molecule has 186 valence electrons. The normalized spacial score (nSPS) is 22.9. The SMILES string of the molecule is O=C1[C@H]2C3c4ccccc4C(c4ccccc43)[C@@H]2C(=O)N1/N=C\c1cccc(OCc2ccccc2Cl)c1. The Balaban J connectivity index is 1.16. The molecule has 2 atom stereocenters. The number of rotatable bonds is 5. The molecule has 0 radical (unpaired) electrons. The van der Waals surface area contributed by atoms with Crippen LogP contribution >= 0.6 is 11.6 Å². The quantitative estimate of drug-likeness (QED) is 0.235. The van der Waals surface area contributed by atoms with Gasteiger partial charge < -0.3 is 4.74 Å². The van der Waals surface area contributed by atoms with Gasteiger partial charge >= 0.3 is 0 Å². The lowest BCUT2D eigenvalue weighted by Crippen LogP contribution is -2.41. The third-order valence-electron chi connectivity index (χ3n) is 7.96. The molecule has 38 heavy (non-hydrogen) atoms. The second-order valence-corrected chi connectivity index (χ2v) is 10.4. The first-order valence-electron chi connectivity index (χ1n) is 12.7. The number of benzene rings is 4. The average Bonchev–Trinajstić information content (AvgIpc) is 3.21. The number of hydrogen-bond acceptors (Lipinski definition) is 4. The van der Waals surface area contributed by atoms with Crippen LogP contribution in [0.15, 0.2) is 102 Å². The maximum absolute atomic E-state index is 13.7. The Bertz CT molecular complexity index is 1520. The predicted molar refractivity (Wildman–Crippen MR) is 145 cm³/mol. The van der Waals surface area contributed by atoms with Crippen LogP contribution in [0.25, 0.3) is 0 Å². The topological polar surface area (TPSA) is 59.0 Å². The highest BCUT2D eigenvalue weighted by molar-refractivity contribution is 6.31. The van der Waals surface area contributed by atoms with E-state index in [0.29, 0.717) is 17.4 Å². The molecule has 4 aromatic carbocycles. The number of imide groups is 1. The fourth-order valence-electron chi connectivity index (χ4n) is 6.36. The van der Waals surface area contributed by atoms with Crippen molar-refractivity contribution >= 4 is 29.6 Å².